The zero-order chi connectivity index (χ0) is 17.1. The number of carbonyl (C=O) groups is 1. The van der Waals surface area contributed by atoms with Crippen LogP contribution in [0.25, 0.3) is 0 Å². The van der Waals surface area contributed by atoms with Crippen molar-refractivity contribution in [3.05, 3.63) is 34.4 Å². The number of methoxy groups -OCH3 is 1. The van der Waals surface area contributed by atoms with E-state index >= 15 is 0 Å². The third-order valence-electron chi connectivity index (χ3n) is 2.93. The lowest BCUT2D eigenvalue weighted by Crippen LogP contribution is -2.49. The summed E-state index contributed by atoms with van der Waals surface area (Å²) in [5, 5.41) is 11.0. The molecule has 0 aliphatic heterocycles. The van der Waals surface area contributed by atoms with Crippen LogP contribution in [0.4, 0.5) is 5.69 Å². The number of sulfonamides is 1. The van der Waals surface area contributed by atoms with Crippen LogP contribution in [-0.4, -0.2) is 32.5 Å². The zero-order valence-electron chi connectivity index (χ0n) is 12.7. The highest BCUT2D eigenvalue weighted by molar-refractivity contribution is 7.89. The van der Waals surface area contributed by atoms with Crippen molar-refractivity contribution in [1.29, 1.82) is 0 Å². The standard InChI is InChI=1S/C13H18N2O6S/c1-13(2,3)11(12(16)21-4)14-22(19,20)10-8-6-5-7-9(10)15(17)18/h5-8,11,14H,1-4H3/t11-/m1/s1. The van der Waals surface area contributed by atoms with Gasteiger partial charge in [0.15, 0.2) is 4.90 Å². The topological polar surface area (TPSA) is 116 Å². The fourth-order valence-electron chi connectivity index (χ4n) is 1.75. The van der Waals surface area contributed by atoms with E-state index in [4.69, 9.17) is 0 Å². The molecule has 0 fully saturated rings. The Kier molecular flexibility index (Phi) is 5.26. The molecule has 0 unspecified atom stereocenters. The molecule has 0 heterocycles. The third kappa shape index (κ3) is 4.01. The van der Waals surface area contributed by atoms with Gasteiger partial charge in [0.25, 0.3) is 5.69 Å². The molecule has 0 bridgehead atoms. The molecule has 1 aromatic rings. The van der Waals surface area contributed by atoms with Crippen molar-refractivity contribution in [2.45, 2.75) is 31.7 Å². The van der Waals surface area contributed by atoms with Crippen LogP contribution in [0.5, 0.6) is 0 Å². The van der Waals surface area contributed by atoms with E-state index in [1.165, 1.54) is 12.1 Å². The number of rotatable bonds is 5. The van der Waals surface area contributed by atoms with E-state index in [-0.39, 0.29) is 0 Å². The van der Waals surface area contributed by atoms with Crippen LogP contribution >= 0.6 is 0 Å². The highest BCUT2D eigenvalue weighted by Gasteiger charge is 2.38. The van der Waals surface area contributed by atoms with Gasteiger partial charge in [0.2, 0.25) is 10.0 Å². The van der Waals surface area contributed by atoms with Crippen LogP contribution in [-0.2, 0) is 19.6 Å². The number of nitrogens with one attached hydrogen (secondary N) is 1. The molecule has 1 rings (SSSR count). The lowest BCUT2D eigenvalue weighted by molar-refractivity contribution is -0.387. The van der Waals surface area contributed by atoms with Gasteiger partial charge in [-0.25, -0.2) is 8.42 Å². The molecule has 0 spiro atoms. The number of carbonyl (C=O) groups excluding carboxylic acids is 1. The summed E-state index contributed by atoms with van der Waals surface area (Å²) in [6.07, 6.45) is 0. The van der Waals surface area contributed by atoms with Crippen molar-refractivity contribution in [1.82, 2.24) is 4.72 Å². The minimum absolute atomic E-state index is 0.502. The number of esters is 1. The van der Waals surface area contributed by atoms with Crippen LogP contribution in [0.15, 0.2) is 29.2 Å². The van der Waals surface area contributed by atoms with Gasteiger partial charge in [-0.3, -0.25) is 14.9 Å². The molecule has 8 nitrogen and oxygen atoms in total. The Hall–Kier alpha value is -2.00. The third-order valence-corrected chi connectivity index (χ3v) is 4.40. The zero-order valence-corrected chi connectivity index (χ0v) is 13.5. The summed E-state index contributed by atoms with van der Waals surface area (Å²) in [6, 6.07) is 3.74. The van der Waals surface area contributed by atoms with E-state index in [9.17, 15) is 23.3 Å². The van der Waals surface area contributed by atoms with Crippen molar-refractivity contribution < 1.29 is 22.9 Å². The second-order valence-electron chi connectivity index (χ2n) is 5.67. The maximum Gasteiger partial charge on any atom is 0.324 e. The Morgan fingerprint density at radius 2 is 1.86 bits per heavy atom. The van der Waals surface area contributed by atoms with Gasteiger partial charge in [-0.2, -0.15) is 4.72 Å². The molecule has 1 atom stereocenters. The second-order valence-corrected chi connectivity index (χ2v) is 7.35. The summed E-state index contributed by atoms with van der Waals surface area (Å²) in [4.78, 5) is 21.5. The molecule has 0 saturated carbocycles. The number of nitro groups is 1. The van der Waals surface area contributed by atoms with Gasteiger partial charge in [-0.15, -0.1) is 0 Å². The minimum atomic E-state index is -4.27. The normalized spacial score (nSPS) is 13.5. The molecule has 22 heavy (non-hydrogen) atoms. The van der Waals surface area contributed by atoms with Crippen LogP contribution in [0.2, 0.25) is 0 Å². The monoisotopic (exact) mass is 330 g/mol. The molecule has 1 N–H and O–H groups in total. The van der Waals surface area contributed by atoms with Crippen molar-refractivity contribution in [3.8, 4) is 0 Å². The molecule has 0 amide bonds. The predicted molar refractivity (Wildman–Crippen MR) is 78.7 cm³/mol. The summed E-state index contributed by atoms with van der Waals surface area (Å²) in [5.74, 6) is -0.769. The first kappa shape index (κ1) is 18.1. The summed E-state index contributed by atoms with van der Waals surface area (Å²) in [5.41, 5.74) is -1.34. The minimum Gasteiger partial charge on any atom is -0.468 e. The summed E-state index contributed by atoms with van der Waals surface area (Å²) in [6.45, 7) is 4.95. The molecule has 1 aromatic carbocycles. The number of nitrogens with zero attached hydrogens (tertiary/aromatic N) is 1. The van der Waals surface area contributed by atoms with Gasteiger partial charge in [0, 0.05) is 6.07 Å². The SMILES string of the molecule is COC(=O)[C@@H](NS(=O)(=O)c1ccccc1[N+](=O)[O-])C(C)(C)C. The van der Waals surface area contributed by atoms with Crippen LogP contribution in [0, 0.1) is 15.5 Å². The Morgan fingerprint density at radius 3 is 2.32 bits per heavy atom. The fourth-order valence-corrected chi connectivity index (χ4v) is 3.31. The van der Waals surface area contributed by atoms with Crippen LogP contribution in [0.1, 0.15) is 20.8 Å². The average Bonchev–Trinajstić information content (AvgIpc) is 2.42. The van der Waals surface area contributed by atoms with E-state index < -0.39 is 43.0 Å². The number of hydrogen-bond donors (Lipinski definition) is 1. The van der Waals surface area contributed by atoms with Gasteiger partial charge in [-0.1, -0.05) is 32.9 Å². The van der Waals surface area contributed by atoms with E-state index in [2.05, 4.69) is 9.46 Å². The van der Waals surface area contributed by atoms with Crippen molar-refractivity contribution in [2.75, 3.05) is 7.11 Å². The van der Waals surface area contributed by atoms with Crippen LogP contribution in [0.3, 0.4) is 0 Å². The Balaban J connectivity index is 3.31. The van der Waals surface area contributed by atoms with Crippen LogP contribution < -0.4 is 4.72 Å². The lowest BCUT2D eigenvalue weighted by Gasteiger charge is -2.28. The first-order valence-electron chi connectivity index (χ1n) is 6.34. The molecule has 0 aliphatic rings. The lowest BCUT2D eigenvalue weighted by atomic mass is 9.87. The molecule has 122 valence electrons. The largest absolute Gasteiger partial charge is 0.468 e. The van der Waals surface area contributed by atoms with E-state index in [0.717, 1.165) is 19.2 Å². The van der Waals surface area contributed by atoms with Gasteiger partial charge in [-0.05, 0) is 11.5 Å². The highest BCUT2D eigenvalue weighted by atomic mass is 32.2. The fraction of sp³-hybridized carbons (Fsp3) is 0.462. The maximum absolute atomic E-state index is 12.4. The first-order valence-corrected chi connectivity index (χ1v) is 7.82. The number of ether oxygens (including phenoxy) is 1. The van der Waals surface area contributed by atoms with Crippen molar-refractivity contribution in [3.63, 3.8) is 0 Å². The first-order chi connectivity index (χ1) is 10.0. The number of para-hydroxylation sites is 1. The second kappa shape index (κ2) is 6.41. The molecule has 9 heteroatoms. The maximum atomic E-state index is 12.4. The van der Waals surface area contributed by atoms with Gasteiger partial charge in [0.05, 0.1) is 12.0 Å². The van der Waals surface area contributed by atoms with E-state index in [1.54, 1.807) is 20.8 Å². The number of hydrogen-bond acceptors (Lipinski definition) is 6. The summed E-state index contributed by atoms with van der Waals surface area (Å²) in [7, 11) is -3.13. The Bertz CT molecular complexity index is 678. The molecular weight excluding hydrogens is 312 g/mol. The number of benzene rings is 1. The summed E-state index contributed by atoms with van der Waals surface area (Å²) < 4.78 is 31.6. The van der Waals surface area contributed by atoms with Gasteiger partial charge < -0.3 is 4.74 Å². The Labute approximate surface area is 128 Å². The van der Waals surface area contributed by atoms with E-state index in [1.807, 2.05) is 0 Å². The van der Waals surface area contributed by atoms with Crippen molar-refractivity contribution >= 4 is 21.7 Å². The highest BCUT2D eigenvalue weighted by Crippen LogP contribution is 2.26. The summed E-state index contributed by atoms with van der Waals surface area (Å²) >= 11 is 0. The molecule has 0 saturated heterocycles. The van der Waals surface area contributed by atoms with E-state index in [0.29, 0.717) is 0 Å². The Morgan fingerprint density at radius 1 is 1.32 bits per heavy atom. The molecule has 0 radical (unpaired) electrons. The number of nitro benzene ring substituents is 1. The van der Waals surface area contributed by atoms with Gasteiger partial charge in [0.1, 0.15) is 6.04 Å². The molecular formula is C13H18N2O6S. The van der Waals surface area contributed by atoms with Crippen molar-refractivity contribution in [2.24, 2.45) is 5.41 Å². The molecule has 0 aromatic heterocycles. The molecule has 0 aliphatic carbocycles. The van der Waals surface area contributed by atoms with Gasteiger partial charge >= 0.3 is 5.97 Å². The average molecular weight is 330 g/mol. The predicted octanol–water partition coefficient (Wildman–Crippen LogP) is 1.46. The quantitative estimate of drug-likeness (QED) is 0.496. The smallest absolute Gasteiger partial charge is 0.324 e.